The fourth-order valence-corrected chi connectivity index (χ4v) is 10.0. The summed E-state index contributed by atoms with van der Waals surface area (Å²) in [5.41, 5.74) is 1.67. The average Bonchev–Trinajstić information content (AvgIpc) is 3.71. The monoisotopic (exact) mass is 728 g/mol. The van der Waals surface area contributed by atoms with Crippen LogP contribution in [0.2, 0.25) is 0 Å². The van der Waals surface area contributed by atoms with E-state index in [9.17, 15) is 26.4 Å². The summed E-state index contributed by atoms with van der Waals surface area (Å²) >= 11 is 2.31. The largest absolute Gasteiger partial charge is 0.379 e. The molecule has 2 amide bonds. The molecular weight excluding hydrogens is 701 g/mol. The van der Waals surface area contributed by atoms with Crippen molar-refractivity contribution in [2.24, 2.45) is 0 Å². The van der Waals surface area contributed by atoms with Gasteiger partial charge < -0.3 is 9.47 Å². The molecule has 2 N–H and O–H groups in total. The number of anilines is 2. The van der Waals surface area contributed by atoms with Crippen molar-refractivity contribution in [1.82, 2.24) is 18.6 Å². The van der Waals surface area contributed by atoms with Crippen molar-refractivity contribution in [3.05, 3.63) is 71.8 Å². The molecule has 0 aliphatic carbocycles. The van der Waals surface area contributed by atoms with Gasteiger partial charge in [0.25, 0.3) is 11.8 Å². The summed E-state index contributed by atoms with van der Waals surface area (Å²) in [6.45, 7) is 2.55. The molecule has 250 valence electrons. The molecule has 4 heterocycles. The second kappa shape index (κ2) is 13.2. The Morgan fingerprint density at radius 1 is 0.604 bits per heavy atom. The third kappa shape index (κ3) is 6.57. The van der Waals surface area contributed by atoms with Gasteiger partial charge in [-0.25, -0.2) is 26.8 Å². The maximum Gasteiger partial charge on any atom is 0.257 e. The molecule has 0 saturated carbocycles. The highest BCUT2D eigenvalue weighted by Crippen LogP contribution is 2.31. The molecule has 0 unspecified atom stereocenters. The maximum atomic E-state index is 13.0. The van der Waals surface area contributed by atoms with E-state index in [0.717, 1.165) is 22.7 Å². The fourth-order valence-electron chi connectivity index (χ4n) is 5.22. The van der Waals surface area contributed by atoms with Crippen molar-refractivity contribution in [1.29, 1.82) is 0 Å². The van der Waals surface area contributed by atoms with E-state index in [2.05, 4.69) is 20.6 Å². The van der Waals surface area contributed by atoms with Crippen LogP contribution in [0.15, 0.2) is 70.5 Å². The van der Waals surface area contributed by atoms with Gasteiger partial charge in [0.15, 0.2) is 10.3 Å². The van der Waals surface area contributed by atoms with E-state index < -0.39 is 31.9 Å². The van der Waals surface area contributed by atoms with Crippen molar-refractivity contribution in [3.63, 3.8) is 0 Å². The summed E-state index contributed by atoms with van der Waals surface area (Å²) in [4.78, 5) is 35.1. The number of benzene rings is 3. The highest BCUT2D eigenvalue weighted by atomic mass is 32.2. The summed E-state index contributed by atoms with van der Waals surface area (Å²) in [5.74, 6) is -0.896. The van der Waals surface area contributed by atoms with Crippen LogP contribution >= 0.6 is 22.7 Å². The van der Waals surface area contributed by atoms with Crippen molar-refractivity contribution >= 4 is 85.2 Å². The molecule has 0 radical (unpaired) electrons. The number of amides is 2. The normalized spacial score (nSPS) is 16.7. The van der Waals surface area contributed by atoms with E-state index in [0.29, 0.717) is 57.1 Å². The Labute approximate surface area is 283 Å². The molecule has 2 aliphatic rings. The number of carbonyl (C=O) groups excluding carboxylic acids is 2. The van der Waals surface area contributed by atoms with Crippen LogP contribution in [0.4, 0.5) is 10.3 Å². The number of morpholine rings is 2. The molecule has 0 spiro atoms. The summed E-state index contributed by atoms with van der Waals surface area (Å²) in [6, 6.07) is 15.4. The zero-order valence-corrected chi connectivity index (χ0v) is 28.4. The van der Waals surface area contributed by atoms with Crippen molar-refractivity contribution < 1.29 is 35.9 Å². The average molecular weight is 729 g/mol. The van der Waals surface area contributed by atoms with Gasteiger partial charge in [0.05, 0.1) is 56.7 Å². The SMILES string of the molecule is O=C(Nc1nc2ccc(S(=O)(=O)N3CCOCC3)cc2s1)c1ccc(C(=O)Nc2nc3ccc(S(=O)(=O)N4CCOCC4)cc3s2)cc1. The van der Waals surface area contributed by atoms with Crippen molar-refractivity contribution in [2.45, 2.75) is 9.79 Å². The lowest BCUT2D eigenvalue weighted by Crippen LogP contribution is -2.40. The Bertz CT molecular complexity index is 2080. The van der Waals surface area contributed by atoms with E-state index in [1.807, 2.05) is 0 Å². The van der Waals surface area contributed by atoms with Crippen LogP contribution < -0.4 is 10.6 Å². The molecule has 0 bridgehead atoms. The number of hydrogen-bond acceptors (Lipinski definition) is 12. The number of aromatic nitrogens is 2. The smallest absolute Gasteiger partial charge is 0.257 e. The first-order valence-corrected chi connectivity index (χ1v) is 19.3. The predicted molar refractivity (Wildman–Crippen MR) is 181 cm³/mol. The Balaban J connectivity index is 1.000. The third-order valence-corrected chi connectivity index (χ3v) is 13.4. The number of rotatable bonds is 8. The van der Waals surface area contributed by atoms with Crippen LogP contribution in [-0.4, -0.2) is 99.8 Å². The first kappa shape index (κ1) is 32.7. The molecule has 2 fully saturated rings. The van der Waals surface area contributed by atoms with E-state index in [-0.39, 0.29) is 47.1 Å². The van der Waals surface area contributed by atoms with Crippen molar-refractivity contribution in [3.8, 4) is 0 Å². The molecule has 2 saturated heterocycles. The van der Waals surface area contributed by atoms with Gasteiger partial charge >= 0.3 is 0 Å². The second-order valence-corrected chi connectivity index (χ2v) is 16.8. The van der Waals surface area contributed by atoms with Gasteiger partial charge in [0.2, 0.25) is 20.0 Å². The van der Waals surface area contributed by atoms with Crippen LogP contribution in [0.1, 0.15) is 20.7 Å². The van der Waals surface area contributed by atoms with Gasteiger partial charge in [-0.05, 0) is 60.7 Å². The summed E-state index contributed by atoms with van der Waals surface area (Å²) < 4.78 is 66.7. The van der Waals surface area contributed by atoms with Crippen LogP contribution in [-0.2, 0) is 29.5 Å². The second-order valence-electron chi connectivity index (χ2n) is 10.8. The Morgan fingerprint density at radius 2 is 0.979 bits per heavy atom. The number of hydrogen-bond donors (Lipinski definition) is 2. The summed E-state index contributed by atoms with van der Waals surface area (Å²) in [5, 5.41) is 6.08. The van der Waals surface area contributed by atoms with E-state index in [1.165, 1.54) is 45.0 Å². The van der Waals surface area contributed by atoms with Crippen LogP contribution in [0.3, 0.4) is 0 Å². The number of carbonyl (C=O) groups is 2. The molecule has 2 aliphatic heterocycles. The highest BCUT2D eigenvalue weighted by molar-refractivity contribution is 7.89. The summed E-state index contributed by atoms with van der Waals surface area (Å²) in [7, 11) is -7.36. The quantitative estimate of drug-likeness (QED) is 0.241. The van der Waals surface area contributed by atoms with Crippen LogP contribution in [0.25, 0.3) is 20.4 Å². The Morgan fingerprint density at radius 3 is 1.35 bits per heavy atom. The lowest BCUT2D eigenvalue weighted by Gasteiger charge is -2.25. The molecule has 18 heteroatoms. The maximum absolute atomic E-state index is 13.0. The third-order valence-electron chi connectivity index (χ3n) is 7.79. The van der Waals surface area contributed by atoms with Gasteiger partial charge in [-0.3, -0.25) is 20.2 Å². The number of ether oxygens (including phenoxy) is 2. The standard InChI is InChI=1S/C30H28N6O8S4/c37-27(33-29-31-23-7-5-21(17-25(23)45-29)47(39,40)35-9-13-43-14-10-35)19-1-2-20(4-3-19)28(38)34-30-32-24-8-6-22(18-26(24)46-30)48(41,42)36-11-15-44-16-12-36/h1-8,17-18H,9-16H2,(H,31,33,37)(H,32,34,38). The van der Waals surface area contributed by atoms with Crippen LogP contribution in [0.5, 0.6) is 0 Å². The molecule has 0 atom stereocenters. The summed E-state index contributed by atoms with van der Waals surface area (Å²) in [6.07, 6.45) is 0. The van der Waals surface area contributed by atoms with E-state index >= 15 is 0 Å². The minimum absolute atomic E-state index is 0.152. The van der Waals surface area contributed by atoms with Crippen LogP contribution in [0, 0.1) is 0 Å². The number of sulfonamides is 2. The van der Waals surface area contributed by atoms with Gasteiger partial charge in [-0.2, -0.15) is 8.61 Å². The fraction of sp³-hybridized carbons (Fsp3) is 0.267. The zero-order valence-electron chi connectivity index (χ0n) is 25.1. The van der Waals surface area contributed by atoms with Gasteiger partial charge in [0.1, 0.15) is 0 Å². The van der Waals surface area contributed by atoms with Gasteiger partial charge in [-0.15, -0.1) is 0 Å². The number of fused-ring (bicyclic) bond motifs is 2. The van der Waals surface area contributed by atoms with E-state index in [1.54, 1.807) is 24.3 Å². The molecule has 2 aromatic heterocycles. The first-order valence-electron chi connectivity index (χ1n) is 14.8. The van der Waals surface area contributed by atoms with Gasteiger partial charge in [0, 0.05) is 37.3 Å². The highest BCUT2D eigenvalue weighted by Gasteiger charge is 2.28. The van der Waals surface area contributed by atoms with Gasteiger partial charge in [-0.1, -0.05) is 22.7 Å². The zero-order chi connectivity index (χ0) is 33.5. The lowest BCUT2D eigenvalue weighted by atomic mass is 10.1. The molecule has 7 rings (SSSR count). The number of thiazole rings is 2. The minimum atomic E-state index is -3.68. The number of nitrogens with one attached hydrogen (secondary N) is 2. The Hall–Kier alpha value is -3.88. The lowest BCUT2D eigenvalue weighted by molar-refractivity contribution is 0.0730. The minimum Gasteiger partial charge on any atom is -0.379 e. The van der Waals surface area contributed by atoms with E-state index in [4.69, 9.17) is 9.47 Å². The Kier molecular flexibility index (Phi) is 8.98. The predicted octanol–water partition coefficient (Wildman–Crippen LogP) is 3.45. The molecule has 3 aromatic carbocycles. The molecule has 48 heavy (non-hydrogen) atoms. The topological polar surface area (TPSA) is 177 Å². The van der Waals surface area contributed by atoms with Crippen molar-refractivity contribution in [2.75, 3.05) is 63.2 Å². The number of nitrogens with zero attached hydrogens (tertiary/aromatic N) is 4. The molecule has 14 nitrogen and oxygen atoms in total. The molecular formula is C30H28N6O8S4. The first-order chi connectivity index (χ1) is 23.1. The molecule has 5 aromatic rings.